The van der Waals surface area contributed by atoms with Crippen LogP contribution < -0.4 is 5.32 Å². The van der Waals surface area contributed by atoms with Gasteiger partial charge < -0.3 is 15.5 Å². The average Bonchev–Trinajstić information content (AvgIpc) is 2.27. The van der Waals surface area contributed by atoms with Crippen molar-refractivity contribution >= 4 is 11.9 Å². The molecule has 19 heavy (non-hydrogen) atoms. The number of carboxylic acids is 1. The van der Waals surface area contributed by atoms with Gasteiger partial charge in [0.25, 0.3) is 5.91 Å². The first-order chi connectivity index (χ1) is 8.82. The minimum absolute atomic E-state index is 0.0515. The number of nitrogens with one attached hydrogen (secondary N) is 1. The third-order valence-corrected chi connectivity index (χ3v) is 2.53. The van der Waals surface area contributed by atoms with Gasteiger partial charge in [-0.1, -0.05) is 19.9 Å². The Morgan fingerprint density at radius 1 is 1.37 bits per heavy atom. The van der Waals surface area contributed by atoms with E-state index in [0.717, 1.165) is 12.1 Å². The average molecular weight is 269 g/mol. The van der Waals surface area contributed by atoms with E-state index in [1.165, 1.54) is 6.07 Å². The molecule has 0 bridgehead atoms. The van der Waals surface area contributed by atoms with Crippen LogP contribution in [0.2, 0.25) is 0 Å². The zero-order chi connectivity index (χ0) is 14.6. The number of rotatable bonds is 5. The summed E-state index contributed by atoms with van der Waals surface area (Å²) in [5.41, 5.74) is -0.544. The Morgan fingerprint density at radius 2 is 2.00 bits per heavy atom. The van der Waals surface area contributed by atoms with Gasteiger partial charge in [-0.15, -0.1) is 0 Å². The number of halogens is 1. The summed E-state index contributed by atoms with van der Waals surface area (Å²) in [6.07, 6.45) is 0.219. The maximum Gasteiger partial charge on any atom is 0.326 e. The second kappa shape index (κ2) is 6.17. The largest absolute Gasteiger partial charge is 0.507 e. The Balaban J connectivity index is 2.91. The van der Waals surface area contributed by atoms with Gasteiger partial charge in [0.05, 0.1) is 0 Å². The smallest absolute Gasteiger partial charge is 0.326 e. The highest BCUT2D eigenvalue weighted by atomic mass is 19.1. The van der Waals surface area contributed by atoms with E-state index in [9.17, 15) is 19.1 Å². The summed E-state index contributed by atoms with van der Waals surface area (Å²) in [5.74, 6) is -3.51. The van der Waals surface area contributed by atoms with Crippen LogP contribution in [-0.2, 0) is 4.79 Å². The molecule has 1 atom stereocenters. The molecule has 0 unspecified atom stereocenters. The number of phenolic OH excluding ortho intramolecular Hbond substituents is 1. The van der Waals surface area contributed by atoms with E-state index >= 15 is 0 Å². The summed E-state index contributed by atoms with van der Waals surface area (Å²) in [5, 5.41) is 20.6. The number of aliphatic carboxylic acids is 1. The summed E-state index contributed by atoms with van der Waals surface area (Å²) >= 11 is 0. The van der Waals surface area contributed by atoms with Crippen LogP contribution in [0.4, 0.5) is 4.39 Å². The van der Waals surface area contributed by atoms with Gasteiger partial charge in [0.1, 0.15) is 23.2 Å². The van der Waals surface area contributed by atoms with Crippen LogP contribution in [0.3, 0.4) is 0 Å². The van der Waals surface area contributed by atoms with Crippen LogP contribution in [0.1, 0.15) is 30.6 Å². The predicted octanol–water partition coefficient (Wildman–Crippen LogP) is 1.76. The fraction of sp³-hybridized carbons (Fsp3) is 0.385. The fourth-order valence-corrected chi connectivity index (χ4v) is 1.66. The molecule has 0 aromatic heterocycles. The van der Waals surface area contributed by atoms with Crippen molar-refractivity contribution in [3.05, 3.63) is 29.6 Å². The number of benzene rings is 1. The quantitative estimate of drug-likeness (QED) is 0.760. The van der Waals surface area contributed by atoms with Gasteiger partial charge in [-0.3, -0.25) is 4.79 Å². The van der Waals surface area contributed by atoms with E-state index in [-0.39, 0.29) is 12.3 Å². The lowest BCUT2D eigenvalue weighted by molar-refractivity contribution is -0.139. The van der Waals surface area contributed by atoms with E-state index in [0.29, 0.717) is 0 Å². The first-order valence-corrected chi connectivity index (χ1v) is 5.84. The van der Waals surface area contributed by atoms with E-state index in [2.05, 4.69) is 5.32 Å². The van der Waals surface area contributed by atoms with Crippen molar-refractivity contribution in [3.63, 3.8) is 0 Å². The molecular weight excluding hydrogens is 253 g/mol. The van der Waals surface area contributed by atoms with Gasteiger partial charge >= 0.3 is 5.97 Å². The highest BCUT2D eigenvalue weighted by molar-refractivity contribution is 5.99. The number of phenols is 1. The number of hydrogen-bond donors (Lipinski definition) is 3. The zero-order valence-corrected chi connectivity index (χ0v) is 10.7. The van der Waals surface area contributed by atoms with Gasteiger partial charge in [-0.25, -0.2) is 9.18 Å². The normalized spacial score (nSPS) is 12.2. The second-order valence-corrected chi connectivity index (χ2v) is 4.63. The Labute approximate surface area is 110 Å². The van der Waals surface area contributed by atoms with Crippen LogP contribution in [0.25, 0.3) is 0 Å². The van der Waals surface area contributed by atoms with E-state index < -0.39 is 35.0 Å². The molecule has 0 aliphatic rings. The number of carbonyl (C=O) groups is 2. The molecule has 0 saturated carbocycles. The molecule has 0 aliphatic heterocycles. The molecule has 0 saturated heterocycles. The van der Waals surface area contributed by atoms with Gasteiger partial charge in [0.2, 0.25) is 0 Å². The van der Waals surface area contributed by atoms with Crippen molar-refractivity contribution in [1.82, 2.24) is 5.32 Å². The van der Waals surface area contributed by atoms with Crippen molar-refractivity contribution in [3.8, 4) is 5.75 Å². The molecule has 1 aromatic carbocycles. The third-order valence-electron chi connectivity index (χ3n) is 2.53. The Hall–Kier alpha value is -2.11. The van der Waals surface area contributed by atoms with E-state index in [1.807, 2.05) is 13.8 Å². The molecule has 104 valence electrons. The molecule has 0 radical (unpaired) electrons. The molecule has 1 rings (SSSR count). The van der Waals surface area contributed by atoms with Gasteiger partial charge in [-0.05, 0) is 24.5 Å². The summed E-state index contributed by atoms with van der Waals surface area (Å²) < 4.78 is 13.4. The number of amides is 1. The minimum atomic E-state index is -1.20. The van der Waals surface area contributed by atoms with Crippen molar-refractivity contribution in [2.75, 3.05) is 0 Å². The number of carboxylic acid groups (broad SMARTS) is 1. The van der Waals surface area contributed by atoms with Crippen molar-refractivity contribution in [2.45, 2.75) is 26.3 Å². The van der Waals surface area contributed by atoms with Gasteiger partial charge in [0, 0.05) is 0 Å². The Morgan fingerprint density at radius 3 is 2.47 bits per heavy atom. The predicted molar refractivity (Wildman–Crippen MR) is 66.4 cm³/mol. The fourth-order valence-electron chi connectivity index (χ4n) is 1.66. The molecule has 0 heterocycles. The molecule has 6 heteroatoms. The first-order valence-electron chi connectivity index (χ1n) is 5.84. The van der Waals surface area contributed by atoms with E-state index in [4.69, 9.17) is 5.11 Å². The summed E-state index contributed by atoms with van der Waals surface area (Å²) in [4.78, 5) is 22.8. The minimum Gasteiger partial charge on any atom is -0.507 e. The lowest BCUT2D eigenvalue weighted by Crippen LogP contribution is -2.41. The third kappa shape index (κ3) is 3.94. The molecular formula is C13H16FNO4. The van der Waals surface area contributed by atoms with Crippen LogP contribution in [-0.4, -0.2) is 28.1 Å². The monoisotopic (exact) mass is 269 g/mol. The van der Waals surface area contributed by atoms with Crippen molar-refractivity contribution in [2.24, 2.45) is 5.92 Å². The van der Waals surface area contributed by atoms with Crippen LogP contribution >= 0.6 is 0 Å². The van der Waals surface area contributed by atoms with Crippen LogP contribution in [0.15, 0.2) is 18.2 Å². The van der Waals surface area contributed by atoms with Crippen molar-refractivity contribution < 1.29 is 24.2 Å². The summed E-state index contributed by atoms with van der Waals surface area (Å²) in [6, 6.07) is 2.32. The van der Waals surface area contributed by atoms with Crippen molar-refractivity contribution in [1.29, 1.82) is 0 Å². The second-order valence-electron chi connectivity index (χ2n) is 4.63. The highest BCUT2D eigenvalue weighted by Gasteiger charge is 2.24. The first kappa shape index (κ1) is 14.9. The number of hydrogen-bond acceptors (Lipinski definition) is 3. The molecule has 5 nitrogen and oxygen atoms in total. The molecule has 0 fully saturated rings. The summed E-state index contributed by atoms with van der Waals surface area (Å²) in [6.45, 7) is 3.62. The molecule has 0 aliphatic carbocycles. The lowest BCUT2D eigenvalue weighted by Gasteiger charge is -2.17. The maximum atomic E-state index is 13.4. The van der Waals surface area contributed by atoms with Crippen LogP contribution in [0.5, 0.6) is 5.75 Å². The number of carbonyl (C=O) groups excluding carboxylic acids is 1. The highest BCUT2D eigenvalue weighted by Crippen LogP contribution is 2.20. The SMILES string of the molecule is CC(C)C[C@H](NC(=O)c1c(O)cccc1F)C(=O)O. The standard InChI is InChI=1S/C13H16FNO4/c1-7(2)6-9(13(18)19)15-12(17)11-8(14)4-3-5-10(11)16/h3-5,7,9,16H,6H2,1-2H3,(H,15,17)(H,18,19)/t9-/m0/s1. The maximum absolute atomic E-state index is 13.4. The molecule has 1 aromatic rings. The van der Waals surface area contributed by atoms with Gasteiger partial charge in [0.15, 0.2) is 0 Å². The summed E-state index contributed by atoms with van der Waals surface area (Å²) in [7, 11) is 0. The molecule has 1 amide bonds. The number of aromatic hydroxyl groups is 1. The van der Waals surface area contributed by atoms with Crippen LogP contribution in [0, 0.1) is 11.7 Å². The molecule has 0 spiro atoms. The van der Waals surface area contributed by atoms with Gasteiger partial charge in [-0.2, -0.15) is 0 Å². The zero-order valence-electron chi connectivity index (χ0n) is 10.7. The Bertz CT molecular complexity index is 467. The van der Waals surface area contributed by atoms with E-state index in [1.54, 1.807) is 0 Å². The lowest BCUT2D eigenvalue weighted by atomic mass is 10.0. The topological polar surface area (TPSA) is 86.6 Å². The Kier molecular flexibility index (Phi) is 4.86. The molecule has 3 N–H and O–H groups in total.